The van der Waals surface area contributed by atoms with E-state index in [-0.39, 0.29) is 24.0 Å². The first-order valence-electron chi connectivity index (χ1n) is 8.34. The number of rotatable bonds is 12. The molecule has 0 amide bonds. The summed E-state index contributed by atoms with van der Waals surface area (Å²) in [6, 6.07) is 0. The van der Waals surface area contributed by atoms with Gasteiger partial charge in [-0.1, -0.05) is 6.42 Å². The van der Waals surface area contributed by atoms with Crippen LogP contribution in [0.15, 0.2) is 4.99 Å². The molecule has 1 aliphatic rings. The zero-order valence-electron chi connectivity index (χ0n) is 14.9. The first-order chi connectivity index (χ1) is 10.8. The van der Waals surface area contributed by atoms with Crippen LogP contribution in [0.5, 0.6) is 0 Å². The van der Waals surface area contributed by atoms with Crippen LogP contribution in [0.3, 0.4) is 0 Å². The van der Waals surface area contributed by atoms with E-state index in [1.807, 2.05) is 0 Å². The van der Waals surface area contributed by atoms with E-state index in [0.717, 1.165) is 38.6 Å². The van der Waals surface area contributed by atoms with Crippen LogP contribution < -0.4 is 10.6 Å². The number of hydrogen-bond donors (Lipinski definition) is 2. The molecule has 2 N–H and O–H groups in total. The molecule has 0 atom stereocenters. The van der Waals surface area contributed by atoms with Crippen LogP contribution in [0.1, 0.15) is 32.6 Å². The summed E-state index contributed by atoms with van der Waals surface area (Å²) in [5.41, 5.74) is 0.354. The van der Waals surface area contributed by atoms with Gasteiger partial charge in [0, 0.05) is 40.5 Å². The number of halogens is 1. The summed E-state index contributed by atoms with van der Waals surface area (Å²) in [4.78, 5) is 4.75. The molecular formula is C16H34IN3O3. The van der Waals surface area contributed by atoms with E-state index in [1.165, 1.54) is 19.3 Å². The minimum atomic E-state index is 0. The molecule has 0 aromatic rings. The number of nitrogens with one attached hydrogen (secondary N) is 2. The number of methoxy groups -OCH3 is 2. The van der Waals surface area contributed by atoms with Crippen molar-refractivity contribution < 1.29 is 14.2 Å². The highest BCUT2D eigenvalue weighted by molar-refractivity contribution is 14.0. The molecule has 0 radical (unpaired) electrons. The SMILES string of the molecule is CCNC(=NCC1(CCOC)CCC1)NCCOCCOC.I. The van der Waals surface area contributed by atoms with E-state index in [0.29, 0.717) is 25.2 Å². The third-order valence-corrected chi connectivity index (χ3v) is 4.14. The molecule has 1 rings (SSSR count). The molecule has 1 aliphatic carbocycles. The number of ether oxygens (including phenoxy) is 3. The van der Waals surface area contributed by atoms with Gasteiger partial charge in [-0.05, 0) is 31.6 Å². The van der Waals surface area contributed by atoms with Crippen molar-refractivity contribution in [2.24, 2.45) is 10.4 Å². The van der Waals surface area contributed by atoms with Crippen molar-refractivity contribution in [3.8, 4) is 0 Å². The lowest BCUT2D eigenvalue weighted by atomic mass is 9.67. The minimum Gasteiger partial charge on any atom is -0.385 e. The van der Waals surface area contributed by atoms with Crippen LogP contribution in [-0.2, 0) is 14.2 Å². The number of nitrogens with zero attached hydrogens (tertiary/aromatic N) is 1. The standard InChI is InChI=1S/C16H33N3O3.HI/c1-4-17-15(18-9-11-22-13-12-21-3)19-14-16(6-5-7-16)8-10-20-2;/h4-14H2,1-3H3,(H2,17,18,19);1H. The molecule has 0 unspecified atom stereocenters. The highest BCUT2D eigenvalue weighted by Gasteiger charge is 2.36. The third kappa shape index (κ3) is 9.69. The van der Waals surface area contributed by atoms with E-state index in [2.05, 4.69) is 17.6 Å². The van der Waals surface area contributed by atoms with Crippen LogP contribution in [0.4, 0.5) is 0 Å². The molecule has 1 saturated carbocycles. The molecule has 0 spiro atoms. The molecule has 6 nitrogen and oxygen atoms in total. The van der Waals surface area contributed by atoms with Crippen LogP contribution in [0.25, 0.3) is 0 Å². The molecule has 0 aromatic heterocycles. The number of guanidine groups is 1. The van der Waals surface area contributed by atoms with Crippen molar-refractivity contribution in [3.63, 3.8) is 0 Å². The van der Waals surface area contributed by atoms with E-state index >= 15 is 0 Å². The van der Waals surface area contributed by atoms with Gasteiger partial charge >= 0.3 is 0 Å². The fourth-order valence-corrected chi connectivity index (χ4v) is 2.56. The van der Waals surface area contributed by atoms with E-state index in [4.69, 9.17) is 19.2 Å². The molecule has 0 heterocycles. The van der Waals surface area contributed by atoms with E-state index < -0.39 is 0 Å². The Hall–Kier alpha value is -0.120. The van der Waals surface area contributed by atoms with Crippen molar-refractivity contribution in [1.82, 2.24) is 10.6 Å². The number of aliphatic imine (C=N–C) groups is 1. The van der Waals surface area contributed by atoms with Gasteiger partial charge in [-0.3, -0.25) is 4.99 Å². The first kappa shape index (κ1) is 22.9. The quantitative estimate of drug-likeness (QED) is 0.209. The maximum absolute atomic E-state index is 5.45. The Kier molecular flexibility index (Phi) is 14.2. The zero-order valence-corrected chi connectivity index (χ0v) is 17.2. The molecule has 0 aromatic carbocycles. The molecule has 1 fully saturated rings. The van der Waals surface area contributed by atoms with Crippen molar-refractivity contribution in [2.75, 3.05) is 60.3 Å². The predicted octanol–water partition coefficient (Wildman–Crippen LogP) is 2.03. The topological polar surface area (TPSA) is 64.1 Å². The van der Waals surface area contributed by atoms with Gasteiger partial charge in [0.05, 0.1) is 19.8 Å². The largest absolute Gasteiger partial charge is 0.385 e. The molecular weight excluding hydrogens is 409 g/mol. The normalized spacial score (nSPS) is 16.4. The second-order valence-electron chi connectivity index (χ2n) is 5.82. The fourth-order valence-electron chi connectivity index (χ4n) is 2.56. The second-order valence-corrected chi connectivity index (χ2v) is 5.82. The highest BCUT2D eigenvalue weighted by atomic mass is 127. The Balaban J connectivity index is 0.00000484. The molecule has 0 saturated heterocycles. The number of hydrogen-bond acceptors (Lipinski definition) is 4. The Labute approximate surface area is 158 Å². The average Bonchev–Trinajstić information content (AvgIpc) is 2.49. The van der Waals surface area contributed by atoms with Crippen LogP contribution in [0.2, 0.25) is 0 Å². The molecule has 23 heavy (non-hydrogen) atoms. The van der Waals surface area contributed by atoms with E-state index in [1.54, 1.807) is 14.2 Å². The van der Waals surface area contributed by atoms with Gasteiger partial charge < -0.3 is 24.8 Å². The Morgan fingerprint density at radius 2 is 1.78 bits per heavy atom. The Morgan fingerprint density at radius 3 is 2.35 bits per heavy atom. The average molecular weight is 443 g/mol. The van der Waals surface area contributed by atoms with Crippen molar-refractivity contribution in [2.45, 2.75) is 32.6 Å². The lowest BCUT2D eigenvalue weighted by molar-refractivity contribution is 0.0730. The van der Waals surface area contributed by atoms with Gasteiger partial charge in [0.25, 0.3) is 0 Å². The van der Waals surface area contributed by atoms with Gasteiger partial charge in [-0.2, -0.15) is 0 Å². The summed E-state index contributed by atoms with van der Waals surface area (Å²) in [7, 11) is 3.45. The lowest BCUT2D eigenvalue weighted by Crippen LogP contribution is -2.41. The van der Waals surface area contributed by atoms with Crippen LogP contribution in [-0.4, -0.2) is 66.2 Å². The van der Waals surface area contributed by atoms with E-state index in [9.17, 15) is 0 Å². The molecule has 0 bridgehead atoms. The van der Waals surface area contributed by atoms with Crippen LogP contribution in [0, 0.1) is 5.41 Å². The van der Waals surface area contributed by atoms with Gasteiger partial charge in [-0.15, -0.1) is 24.0 Å². The minimum absolute atomic E-state index is 0. The predicted molar refractivity (Wildman–Crippen MR) is 105 cm³/mol. The maximum Gasteiger partial charge on any atom is 0.191 e. The summed E-state index contributed by atoms with van der Waals surface area (Å²) in [5.74, 6) is 0.876. The van der Waals surface area contributed by atoms with Gasteiger partial charge in [-0.25, -0.2) is 0 Å². The summed E-state index contributed by atoms with van der Waals surface area (Å²) in [6.45, 7) is 7.31. The zero-order chi connectivity index (χ0) is 16.1. The van der Waals surface area contributed by atoms with Gasteiger partial charge in [0.15, 0.2) is 5.96 Å². The highest BCUT2D eigenvalue weighted by Crippen LogP contribution is 2.44. The Morgan fingerprint density at radius 1 is 1.04 bits per heavy atom. The molecule has 138 valence electrons. The van der Waals surface area contributed by atoms with Crippen LogP contribution >= 0.6 is 24.0 Å². The maximum atomic E-state index is 5.45. The monoisotopic (exact) mass is 443 g/mol. The smallest absolute Gasteiger partial charge is 0.191 e. The fraction of sp³-hybridized carbons (Fsp3) is 0.938. The summed E-state index contributed by atoms with van der Waals surface area (Å²) in [6.07, 6.45) is 4.95. The van der Waals surface area contributed by atoms with Gasteiger partial charge in [0.2, 0.25) is 0 Å². The third-order valence-electron chi connectivity index (χ3n) is 4.14. The van der Waals surface area contributed by atoms with Crippen molar-refractivity contribution in [1.29, 1.82) is 0 Å². The van der Waals surface area contributed by atoms with Gasteiger partial charge in [0.1, 0.15) is 0 Å². The van der Waals surface area contributed by atoms with Crippen molar-refractivity contribution in [3.05, 3.63) is 0 Å². The Bertz CT molecular complexity index is 313. The first-order valence-corrected chi connectivity index (χ1v) is 8.34. The summed E-state index contributed by atoms with van der Waals surface area (Å²) >= 11 is 0. The molecule has 7 heteroatoms. The summed E-state index contributed by atoms with van der Waals surface area (Å²) in [5, 5.41) is 6.61. The lowest BCUT2D eigenvalue weighted by Gasteiger charge is -2.40. The second kappa shape index (κ2) is 14.2. The molecule has 0 aliphatic heterocycles. The van der Waals surface area contributed by atoms with Crippen molar-refractivity contribution >= 4 is 29.9 Å². The summed E-state index contributed by atoms with van der Waals surface area (Å²) < 4.78 is 15.6.